The first-order valence-corrected chi connectivity index (χ1v) is 5.29. The number of rotatable bonds is 2. The second kappa shape index (κ2) is 2.81. The number of hydrogen-bond acceptors (Lipinski definition) is 2. The number of nitrogens with zero attached hydrogens (tertiary/aromatic N) is 1. The molecule has 0 aromatic carbocycles. The highest BCUT2D eigenvalue weighted by Gasteiger charge is 2.56. The van der Waals surface area contributed by atoms with Crippen LogP contribution in [0.25, 0.3) is 0 Å². The molecule has 2 fully saturated rings. The van der Waals surface area contributed by atoms with Crippen molar-refractivity contribution in [2.45, 2.75) is 26.7 Å². The number of ketones is 1. The van der Waals surface area contributed by atoms with Gasteiger partial charge in [0.2, 0.25) is 0 Å². The highest BCUT2D eigenvalue weighted by Crippen LogP contribution is 2.53. The third-order valence-electron chi connectivity index (χ3n) is 3.82. The molecular formula is C11H19NO. The lowest BCUT2D eigenvalue weighted by atomic mass is 9.58. The summed E-state index contributed by atoms with van der Waals surface area (Å²) in [6.07, 6.45) is 2.40. The van der Waals surface area contributed by atoms with Crippen LogP contribution in [0.5, 0.6) is 0 Å². The summed E-state index contributed by atoms with van der Waals surface area (Å²) < 4.78 is 0. The van der Waals surface area contributed by atoms with E-state index in [4.69, 9.17) is 0 Å². The zero-order chi connectivity index (χ0) is 9.64. The summed E-state index contributed by atoms with van der Waals surface area (Å²) in [6, 6.07) is 0. The van der Waals surface area contributed by atoms with Crippen molar-refractivity contribution in [1.29, 1.82) is 0 Å². The van der Waals surface area contributed by atoms with Crippen LogP contribution in [-0.4, -0.2) is 30.8 Å². The molecule has 2 atom stereocenters. The van der Waals surface area contributed by atoms with Crippen LogP contribution in [0.3, 0.4) is 0 Å². The van der Waals surface area contributed by atoms with Crippen molar-refractivity contribution in [2.75, 3.05) is 20.1 Å². The van der Waals surface area contributed by atoms with Crippen LogP contribution in [0.4, 0.5) is 0 Å². The number of Topliss-reactive ketones (excluding diaryl/α,β-unsaturated/α-hetero) is 1. The highest BCUT2D eigenvalue weighted by molar-refractivity contribution is 5.88. The molecular weight excluding hydrogens is 162 g/mol. The van der Waals surface area contributed by atoms with Gasteiger partial charge in [0.25, 0.3) is 0 Å². The van der Waals surface area contributed by atoms with Crippen molar-refractivity contribution in [3.63, 3.8) is 0 Å². The minimum atomic E-state index is 0.0723. The van der Waals surface area contributed by atoms with E-state index in [0.29, 0.717) is 11.7 Å². The maximum atomic E-state index is 12.0. The Morgan fingerprint density at radius 1 is 1.54 bits per heavy atom. The first kappa shape index (κ1) is 9.20. The molecule has 0 aromatic heterocycles. The molecule has 1 aliphatic carbocycles. The Morgan fingerprint density at radius 2 is 2.23 bits per heavy atom. The van der Waals surface area contributed by atoms with Gasteiger partial charge in [0, 0.05) is 24.4 Å². The fourth-order valence-corrected chi connectivity index (χ4v) is 3.07. The molecule has 1 saturated heterocycles. The molecule has 2 rings (SSSR count). The molecule has 0 N–H and O–H groups in total. The standard InChI is InChI=1S/C11H19NO/c1-8(2)10(13)11-5-4-9(11)6-12(3)7-11/h8-9H,4-7H2,1-3H3/t9-,11-/m1/s1. The largest absolute Gasteiger partial charge is 0.305 e. The van der Waals surface area contributed by atoms with E-state index in [-0.39, 0.29) is 11.3 Å². The summed E-state index contributed by atoms with van der Waals surface area (Å²) in [5.41, 5.74) is 0.0723. The van der Waals surface area contributed by atoms with Crippen molar-refractivity contribution in [2.24, 2.45) is 17.3 Å². The summed E-state index contributed by atoms with van der Waals surface area (Å²) in [5.74, 6) is 1.40. The predicted octanol–water partition coefficient (Wildman–Crippen LogP) is 1.55. The fraction of sp³-hybridized carbons (Fsp3) is 0.909. The average molecular weight is 181 g/mol. The first-order chi connectivity index (χ1) is 6.06. The van der Waals surface area contributed by atoms with Gasteiger partial charge in [-0.05, 0) is 25.8 Å². The molecule has 13 heavy (non-hydrogen) atoms. The smallest absolute Gasteiger partial charge is 0.143 e. The number of likely N-dealkylation sites (tertiary alicyclic amines) is 1. The molecule has 0 aromatic rings. The van der Waals surface area contributed by atoms with Gasteiger partial charge in [-0.25, -0.2) is 0 Å². The third-order valence-corrected chi connectivity index (χ3v) is 3.82. The third kappa shape index (κ3) is 1.15. The second-order valence-corrected chi connectivity index (χ2v) is 5.11. The van der Waals surface area contributed by atoms with Gasteiger partial charge in [0.1, 0.15) is 5.78 Å². The van der Waals surface area contributed by atoms with Crippen LogP contribution in [0.1, 0.15) is 26.7 Å². The Bertz CT molecular complexity index is 236. The van der Waals surface area contributed by atoms with Gasteiger partial charge < -0.3 is 4.90 Å². The van der Waals surface area contributed by atoms with Crippen LogP contribution in [0.2, 0.25) is 0 Å². The topological polar surface area (TPSA) is 20.3 Å². The quantitative estimate of drug-likeness (QED) is 0.644. The highest BCUT2D eigenvalue weighted by atomic mass is 16.1. The number of carbonyl (C=O) groups excluding carboxylic acids is 1. The molecule has 1 aliphatic heterocycles. The van der Waals surface area contributed by atoms with E-state index in [0.717, 1.165) is 19.5 Å². The van der Waals surface area contributed by atoms with Crippen molar-refractivity contribution in [1.82, 2.24) is 4.90 Å². The SMILES string of the molecule is CC(C)C(=O)[C@@]12CC[C@@H]1CN(C)C2. The van der Waals surface area contributed by atoms with Gasteiger partial charge in [-0.15, -0.1) is 0 Å². The number of carbonyl (C=O) groups is 1. The fourth-order valence-electron chi connectivity index (χ4n) is 3.07. The summed E-state index contributed by atoms with van der Waals surface area (Å²) >= 11 is 0. The molecule has 0 amide bonds. The zero-order valence-electron chi connectivity index (χ0n) is 8.84. The van der Waals surface area contributed by atoms with E-state index in [1.807, 2.05) is 13.8 Å². The Morgan fingerprint density at radius 3 is 2.62 bits per heavy atom. The van der Waals surface area contributed by atoms with Gasteiger partial charge >= 0.3 is 0 Å². The molecule has 0 bridgehead atoms. The lowest BCUT2D eigenvalue weighted by Gasteiger charge is -2.43. The van der Waals surface area contributed by atoms with Crippen molar-refractivity contribution in [3.8, 4) is 0 Å². The molecule has 74 valence electrons. The maximum Gasteiger partial charge on any atom is 0.143 e. The van der Waals surface area contributed by atoms with Gasteiger partial charge in [-0.3, -0.25) is 4.79 Å². The van der Waals surface area contributed by atoms with Crippen LogP contribution in [0.15, 0.2) is 0 Å². The van der Waals surface area contributed by atoms with E-state index in [9.17, 15) is 4.79 Å². The van der Waals surface area contributed by atoms with Crippen molar-refractivity contribution < 1.29 is 4.79 Å². The maximum absolute atomic E-state index is 12.0. The monoisotopic (exact) mass is 181 g/mol. The Kier molecular flexibility index (Phi) is 1.99. The molecule has 2 aliphatic rings. The number of fused-ring (bicyclic) bond motifs is 1. The lowest BCUT2D eigenvalue weighted by Crippen LogP contribution is -2.48. The van der Waals surface area contributed by atoms with E-state index in [1.54, 1.807) is 0 Å². The Balaban J connectivity index is 2.17. The van der Waals surface area contributed by atoms with Crippen LogP contribution < -0.4 is 0 Å². The van der Waals surface area contributed by atoms with Gasteiger partial charge in [0.15, 0.2) is 0 Å². The van der Waals surface area contributed by atoms with E-state index >= 15 is 0 Å². The Hall–Kier alpha value is -0.370. The molecule has 1 saturated carbocycles. The molecule has 1 heterocycles. The molecule has 2 nitrogen and oxygen atoms in total. The van der Waals surface area contributed by atoms with Crippen LogP contribution in [-0.2, 0) is 4.79 Å². The summed E-state index contributed by atoms with van der Waals surface area (Å²) in [5, 5.41) is 0. The minimum absolute atomic E-state index is 0.0723. The second-order valence-electron chi connectivity index (χ2n) is 5.11. The molecule has 0 spiro atoms. The van der Waals surface area contributed by atoms with Crippen molar-refractivity contribution in [3.05, 3.63) is 0 Å². The normalized spacial score (nSPS) is 38.9. The van der Waals surface area contributed by atoms with E-state index < -0.39 is 0 Å². The first-order valence-electron chi connectivity index (χ1n) is 5.29. The summed E-state index contributed by atoms with van der Waals surface area (Å²) in [6.45, 7) is 6.21. The molecule has 0 unspecified atom stereocenters. The van der Waals surface area contributed by atoms with Gasteiger partial charge in [0.05, 0.1) is 0 Å². The zero-order valence-corrected chi connectivity index (χ0v) is 8.84. The minimum Gasteiger partial charge on any atom is -0.305 e. The van der Waals surface area contributed by atoms with Crippen LogP contribution >= 0.6 is 0 Å². The van der Waals surface area contributed by atoms with Crippen LogP contribution in [0, 0.1) is 17.3 Å². The predicted molar refractivity (Wildman–Crippen MR) is 52.5 cm³/mol. The van der Waals surface area contributed by atoms with Gasteiger partial charge in [-0.2, -0.15) is 0 Å². The van der Waals surface area contributed by atoms with Crippen molar-refractivity contribution >= 4 is 5.78 Å². The average Bonchev–Trinajstić information content (AvgIpc) is 2.26. The summed E-state index contributed by atoms with van der Waals surface area (Å²) in [4.78, 5) is 14.4. The molecule has 0 radical (unpaired) electrons. The Labute approximate surface area is 80.3 Å². The lowest BCUT2D eigenvalue weighted by molar-refractivity contribution is -0.139. The summed E-state index contributed by atoms with van der Waals surface area (Å²) in [7, 11) is 2.13. The van der Waals surface area contributed by atoms with E-state index in [2.05, 4.69) is 11.9 Å². The number of hydrogen-bond donors (Lipinski definition) is 0. The van der Waals surface area contributed by atoms with E-state index in [1.165, 1.54) is 6.42 Å². The van der Waals surface area contributed by atoms with Gasteiger partial charge in [-0.1, -0.05) is 13.8 Å². The molecule has 2 heteroatoms.